The van der Waals surface area contributed by atoms with Crippen LogP contribution in [0.4, 0.5) is 5.82 Å². The maximum Gasteiger partial charge on any atom is 0.339 e. The van der Waals surface area contributed by atoms with Crippen molar-refractivity contribution >= 4 is 33.4 Å². The molecule has 0 amide bonds. The minimum absolute atomic E-state index is 0.252. The Morgan fingerprint density at radius 2 is 2.09 bits per heavy atom. The number of anilines is 1. The van der Waals surface area contributed by atoms with Crippen molar-refractivity contribution in [2.24, 2.45) is 0 Å². The number of aromatic nitrogens is 2. The zero-order chi connectivity index (χ0) is 15.7. The normalized spacial score (nSPS) is 15.1. The average molecular weight is 368 g/mol. The monoisotopic (exact) mass is 367 g/mol. The predicted octanol–water partition coefficient (Wildman–Crippen LogP) is 1.08. The van der Waals surface area contributed by atoms with Gasteiger partial charge in [-0.3, -0.25) is 9.20 Å². The fourth-order valence-corrected chi connectivity index (χ4v) is 2.86. The van der Waals surface area contributed by atoms with Crippen molar-refractivity contribution in [2.75, 3.05) is 38.3 Å². The summed E-state index contributed by atoms with van der Waals surface area (Å²) < 4.78 is 11.9. The van der Waals surface area contributed by atoms with Crippen molar-refractivity contribution in [1.82, 2.24) is 9.38 Å². The number of hydrogen-bond acceptors (Lipinski definition) is 6. The molecule has 0 aliphatic carbocycles. The Morgan fingerprint density at radius 3 is 2.77 bits per heavy atom. The second-order valence-corrected chi connectivity index (χ2v) is 5.67. The highest BCUT2D eigenvalue weighted by atomic mass is 79.9. The molecule has 2 aromatic rings. The molecule has 0 aromatic carbocycles. The molecule has 0 atom stereocenters. The lowest BCUT2D eigenvalue weighted by atomic mass is 10.3. The van der Waals surface area contributed by atoms with E-state index in [-0.39, 0.29) is 11.1 Å². The van der Waals surface area contributed by atoms with Gasteiger partial charge in [0.15, 0.2) is 5.65 Å². The Hall–Kier alpha value is -1.93. The molecule has 3 rings (SSSR count). The molecule has 0 spiro atoms. The number of methoxy groups -OCH3 is 1. The molecule has 0 saturated carbocycles. The Morgan fingerprint density at radius 1 is 1.36 bits per heavy atom. The van der Waals surface area contributed by atoms with Crippen LogP contribution in [0.5, 0.6) is 0 Å². The van der Waals surface area contributed by atoms with Crippen LogP contribution in [0.15, 0.2) is 27.6 Å². The summed E-state index contributed by atoms with van der Waals surface area (Å²) in [4.78, 5) is 30.5. The van der Waals surface area contributed by atoms with E-state index in [0.29, 0.717) is 42.2 Å². The third-order valence-electron chi connectivity index (χ3n) is 3.46. The molecule has 8 heteroatoms. The quantitative estimate of drug-likeness (QED) is 0.739. The van der Waals surface area contributed by atoms with Gasteiger partial charge in [0.1, 0.15) is 5.82 Å². The number of hydrogen-bond donors (Lipinski definition) is 0. The van der Waals surface area contributed by atoms with Crippen molar-refractivity contribution in [3.05, 3.63) is 38.7 Å². The zero-order valence-electron chi connectivity index (χ0n) is 11.9. The van der Waals surface area contributed by atoms with Gasteiger partial charge in [0.05, 0.1) is 30.4 Å². The van der Waals surface area contributed by atoms with Crippen LogP contribution in [0.3, 0.4) is 0 Å². The molecular formula is C14H14BrN3O4. The largest absolute Gasteiger partial charge is 0.465 e. The van der Waals surface area contributed by atoms with Gasteiger partial charge in [0.25, 0.3) is 5.56 Å². The summed E-state index contributed by atoms with van der Waals surface area (Å²) >= 11 is 3.36. The van der Waals surface area contributed by atoms with Gasteiger partial charge in [-0.2, -0.15) is 0 Å². The average Bonchev–Trinajstić information content (AvgIpc) is 2.55. The molecule has 1 aliphatic heterocycles. The van der Waals surface area contributed by atoms with E-state index in [2.05, 4.69) is 25.7 Å². The molecule has 0 unspecified atom stereocenters. The molecule has 1 aliphatic rings. The number of nitrogens with zero attached hydrogens (tertiary/aromatic N) is 3. The lowest BCUT2D eigenvalue weighted by Gasteiger charge is -2.27. The van der Waals surface area contributed by atoms with E-state index < -0.39 is 5.97 Å². The molecule has 3 heterocycles. The van der Waals surface area contributed by atoms with Crippen LogP contribution in [0.1, 0.15) is 10.4 Å². The molecule has 22 heavy (non-hydrogen) atoms. The second-order valence-electron chi connectivity index (χ2n) is 4.81. The van der Waals surface area contributed by atoms with Crippen molar-refractivity contribution in [1.29, 1.82) is 0 Å². The summed E-state index contributed by atoms with van der Waals surface area (Å²) in [5.41, 5.74) is 0.490. The van der Waals surface area contributed by atoms with E-state index >= 15 is 0 Å². The van der Waals surface area contributed by atoms with Gasteiger partial charge >= 0.3 is 5.97 Å². The van der Waals surface area contributed by atoms with Crippen LogP contribution in [-0.4, -0.2) is 48.8 Å². The lowest BCUT2D eigenvalue weighted by Crippen LogP contribution is -2.37. The highest BCUT2D eigenvalue weighted by molar-refractivity contribution is 9.10. The van der Waals surface area contributed by atoms with Crippen LogP contribution < -0.4 is 10.5 Å². The van der Waals surface area contributed by atoms with Crippen molar-refractivity contribution < 1.29 is 14.3 Å². The number of morpholine rings is 1. The van der Waals surface area contributed by atoms with Gasteiger partial charge in [-0.15, -0.1) is 0 Å². The first-order valence-electron chi connectivity index (χ1n) is 6.74. The minimum Gasteiger partial charge on any atom is -0.465 e. The molecule has 1 saturated heterocycles. The van der Waals surface area contributed by atoms with Gasteiger partial charge in [-0.05, 0) is 22.0 Å². The molecule has 116 valence electrons. The van der Waals surface area contributed by atoms with Crippen LogP contribution in [0.2, 0.25) is 0 Å². The highest BCUT2D eigenvalue weighted by Crippen LogP contribution is 2.20. The molecule has 1 fully saturated rings. The molecule has 0 radical (unpaired) electrons. The van der Waals surface area contributed by atoms with Crippen LogP contribution in [0.25, 0.3) is 5.65 Å². The predicted molar refractivity (Wildman–Crippen MR) is 83.5 cm³/mol. The first-order chi connectivity index (χ1) is 10.6. The van der Waals surface area contributed by atoms with Gasteiger partial charge in [-0.25, -0.2) is 9.78 Å². The van der Waals surface area contributed by atoms with E-state index in [0.717, 1.165) is 0 Å². The third-order valence-corrected chi connectivity index (χ3v) is 4.04. The van der Waals surface area contributed by atoms with Crippen LogP contribution >= 0.6 is 15.9 Å². The lowest BCUT2D eigenvalue weighted by molar-refractivity contribution is 0.0600. The number of carbonyl (C=O) groups excluding carboxylic acids is 1. The Bertz CT molecular complexity index is 783. The standard InChI is InChI=1S/C14H14BrN3O4/c1-21-14(20)9-6-10(15)13-16-11(7-12(19)18(13)8-9)17-2-4-22-5-3-17/h6-8H,2-5H2,1H3. The van der Waals surface area contributed by atoms with E-state index in [4.69, 9.17) is 4.74 Å². The van der Waals surface area contributed by atoms with E-state index in [9.17, 15) is 9.59 Å². The Balaban J connectivity index is 2.12. The zero-order valence-corrected chi connectivity index (χ0v) is 13.5. The summed E-state index contributed by atoms with van der Waals surface area (Å²) in [7, 11) is 1.29. The Kier molecular flexibility index (Phi) is 4.12. The van der Waals surface area contributed by atoms with Gasteiger partial charge < -0.3 is 14.4 Å². The number of fused-ring (bicyclic) bond motifs is 1. The summed E-state index contributed by atoms with van der Waals surface area (Å²) in [6.45, 7) is 2.62. The first-order valence-corrected chi connectivity index (χ1v) is 7.53. The first kappa shape index (κ1) is 15.0. The number of ether oxygens (including phenoxy) is 2. The summed E-state index contributed by atoms with van der Waals surface area (Å²) in [6, 6.07) is 3.06. The third kappa shape index (κ3) is 2.71. The topological polar surface area (TPSA) is 73.1 Å². The summed E-state index contributed by atoms with van der Waals surface area (Å²) in [6.07, 6.45) is 1.43. The molecular weight excluding hydrogens is 354 g/mol. The number of esters is 1. The number of halogens is 1. The fraction of sp³-hybridized carbons (Fsp3) is 0.357. The van der Waals surface area contributed by atoms with Gasteiger partial charge in [0.2, 0.25) is 0 Å². The maximum atomic E-state index is 12.3. The van der Waals surface area contributed by atoms with Crippen LogP contribution in [0, 0.1) is 0 Å². The van der Waals surface area contributed by atoms with Crippen molar-refractivity contribution in [3.8, 4) is 0 Å². The fourth-order valence-electron chi connectivity index (χ4n) is 2.33. The molecule has 0 bridgehead atoms. The van der Waals surface area contributed by atoms with E-state index in [1.54, 1.807) is 6.07 Å². The van der Waals surface area contributed by atoms with Crippen LogP contribution in [-0.2, 0) is 9.47 Å². The van der Waals surface area contributed by atoms with Crippen molar-refractivity contribution in [2.45, 2.75) is 0 Å². The van der Waals surface area contributed by atoms with Crippen molar-refractivity contribution in [3.63, 3.8) is 0 Å². The molecule has 0 N–H and O–H groups in total. The number of pyridine rings is 1. The minimum atomic E-state index is -0.508. The smallest absolute Gasteiger partial charge is 0.339 e. The van der Waals surface area contributed by atoms with Gasteiger partial charge in [0, 0.05) is 25.4 Å². The second kappa shape index (κ2) is 6.05. The maximum absolute atomic E-state index is 12.3. The van der Waals surface area contributed by atoms with E-state index in [1.807, 2.05) is 4.90 Å². The summed E-state index contributed by atoms with van der Waals surface area (Å²) in [5, 5.41) is 0. The molecule has 7 nitrogen and oxygen atoms in total. The highest BCUT2D eigenvalue weighted by Gasteiger charge is 2.17. The van der Waals surface area contributed by atoms with E-state index in [1.165, 1.54) is 23.8 Å². The molecule has 2 aromatic heterocycles. The Labute approximate surface area is 134 Å². The summed E-state index contributed by atoms with van der Waals surface area (Å²) in [5.74, 6) is 0.103. The van der Waals surface area contributed by atoms with Gasteiger partial charge in [-0.1, -0.05) is 0 Å². The SMILES string of the molecule is COC(=O)c1cc(Br)c2nc(N3CCOCC3)cc(=O)n2c1. The number of carbonyl (C=O) groups is 1. The number of rotatable bonds is 2.